The van der Waals surface area contributed by atoms with Crippen molar-refractivity contribution in [1.29, 1.82) is 0 Å². The second-order valence-corrected chi connectivity index (χ2v) is 5.38. The third-order valence-corrected chi connectivity index (χ3v) is 3.81. The highest BCUT2D eigenvalue weighted by molar-refractivity contribution is 7.13. The summed E-state index contributed by atoms with van der Waals surface area (Å²) in [5, 5.41) is 13.8. The van der Waals surface area contributed by atoms with E-state index >= 15 is 0 Å². The quantitative estimate of drug-likeness (QED) is 0.581. The lowest BCUT2D eigenvalue weighted by Crippen LogP contribution is -1.94. The van der Waals surface area contributed by atoms with Gasteiger partial charge in [-0.1, -0.05) is 22.5 Å². The lowest BCUT2D eigenvalue weighted by atomic mass is 10.3. The van der Waals surface area contributed by atoms with Gasteiger partial charge in [0.1, 0.15) is 5.82 Å². The van der Waals surface area contributed by atoms with Gasteiger partial charge in [0.05, 0.1) is 16.8 Å². The summed E-state index contributed by atoms with van der Waals surface area (Å²) in [6, 6.07) is 9.87. The van der Waals surface area contributed by atoms with Crippen LogP contribution in [0.15, 0.2) is 52.5 Å². The molecule has 3 aromatic heterocycles. The molecule has 0 unspecified atom stereocenters. The van der Waals surface area contributed by atoms with Crippen LogP contribution in [0.2, 0.25) is 0 Å². The Balaban J connectivity index is 1.67. The van der Waals surface area contributed by atoms with Crippen molar-refractivity contribution in [2.45, 2.75) is 0 Å². The number of benzene rings is 1. The van der Waals surface area contributed by atoms with Crippen molar-refractivity contribution in [3.63, 3.8) is 0 Å². The molecule has 6 nitrogen and oxygen atoms in total. The van der Waals surface area contributed by atoms with E-state index in [4.69, 9.17) is 4.52 Å². The molecular formula is C14H8FN5OS. The van der Waals surface area contributed by atoms with E-state index in [1.807, 2.05) is 17.5 Å². The Hall–Kier alpha value is -2.87. The summed E-state index contributed by atoms with van der Waals surface area (Å²) < 4.78 is 19.9. The number of nitrogens with zero attached hydrogens (tertiary/aromatic N) is 5. The summed E-state index contributed by atoms with van der Waals surface area (Å²) >= 11 is 1.51. The van der Waals surface area contributed by atoms with Crippen LogP contribution in [0.25, 0.3) is 28.0 Å². The van der Waals surface area contributed by atoms with Crippen LogP contribution in [0.3, 0.4) is 0 Å². The summed E-state index contributed by atoms with van der Waals surface area (Å²) in [5.74, 6) is 0.436. The van der Waals surface area contributed by atoms with Crippen molar-refractivity contribution >= 4 is 11.3 Å². The molecule has 0 bridgehead atoms. The molecule has 0 saturated carbocycles. The predicted molar refractivity (Wildman–Crippen MR) is 77.9 cm³/mol. The van der Waals surface area contributed by atoms with Gasteiger partial charge < -0.3 is 4.52 Å². The normalized spacial score (nSPS) is 11.0. The largest absolute Gasteiger partial charge is 0.333 e. The number of thiophene rings is 1. The molecule has 0 aliphatic heterocycles. The molecule has 8 heteroatoms. The molecule has 3 heterocycles. The van der Waals surface area contributed by atoms with Crippen molar-refractivity contribution in [3.05, 3.63) is 53.8 Å². The Morgan fingerprint density at radius 3 is 2.95 bits per heavy atom. The van der Waals surface area contributed by atoms with Crippen LogP contribution in [-0.2, 0) is 0 Å². The van der Waals surface area contributed by atoms with Gasteiger partial charge in [0.15, 0.2) is 5.69 Å². The van der Waals surface area contributed by atoms with Crippen LogP contribution in [0.5, 0.6) is 0 Å². The van der Waals surface area contributed by atoms with Crippen molar-refractivity contribution in [2.24, 2.45) is 0 Å². The van der Waals surface area contributed by atoms with Crippen molar-refractivity contribution in [3.8, 4) is 28.0 Å². The standard InChI is InChI=1S/C14H8FN5OS/c15-9-3-1-4-10(7-9)20-8-11(17-19-20)13-16-14(21-18-13)12-5-2-6-22-12/h1-8H. The molecule has 0 radical (unpaired) electrons. The van der Waals surface area contributed by atoms with Gasteiger partial charge in [-0.05, 0) is 29.6 Å². The van der Waals surface area contributed by atoms with Gasteiger partial charge in [0.2, 0.25) is 5.82 Å². The summed E-state index contributed by atoms with van der Waals surface area (Å²) in [5.41, 5.74) is 1.02. The van der Waals surface area contributed by atoms with E-state index in [1.165, 1.54) is 28.2 Å². The Labute approximate surface area is 127 Å². The number of aromatic nitrogens is 5. The summed E-state index contributed by atoms with van der Waals surface area (Å²) in [6.07, 6.45) is 1.62. The van der Waals surface area contributed by atoms with Crippen LogP contribution >= 0.6 is 11.3 Å². The highest BCUT2D eigenvalue weighted by Gasteiger charge is 2.14. The maximum Gasteiger partial charge on any atom is 0.268 e. The number of hydrogen-bond donors (Lipinski definition) is 0. The van der Waals surface area contributed by atoms with Crippen LogP contribution in [0, 0.1) is 5.82 Å². The molecule has 4 aromatic rings. The number of halogens is 1. The molecule has 0 spiro atoms. The zero-order valence-corrected chi connectivity index (χ0v) is 11.9. The molecule has 108 valence electrons. The molecule has 4 rings (SSSR count). The highest BCUT2D eigenvalue weighted by atomic mass is 32.1. The first kappa shape index (κ1) is 12.8. The Morgan fingerprint density at radius 2 is 2.14 bits per heavy atom. The minimum Gasteiger partial charge on any atom is -0.333 e. The van der Waals surface area contributed by atoms with E-state index in [9.17, 15) is 4.39 Å². The first-order chi connectivity index (χ1) is 10.8. The molecule has 0 amide bonds. The van der Waals surface area contributed by atoms with E-state index < -0.39 is 0 Å². The fraction of sp³-hybridized carbons (Fsp3) is 0. The molecular weight excluding hydrogens is 305 g/mol. The molecule has 0 aliphatic rings. The minimum absolute atomic E-state index is 0.339. The maximum absolute atomic E-state index is 13.2. The summed E-state index contributed by atoms with van der Waals surface area (Å²) in [6.45, 7) is 0. The maximum atomic E-state index is 13.2. The Kier molecular flexibility index (Phi) is 3.01. The van der Waals surface area contributed by atoms with Crippen LogP contribution in [0.1, 0.15) is 0 Å². The fourth-order valence-electron chi connectivity index (χ4n) is 1.94. The summed E-state index contributed by atoms with van der Waals surface area (Å²) in [4.78, 5) is 5.18. The van der Waals surface area contributed by atoms with Gasteiger partial charge in [-0.3, -0.25) is 0 Å². The van der Waals surface area contributed by atoms with E-state index in [-0.39, 0.29) is 5.82 Å². The van der Waals surface area contributed by atoms with Crippen LogP contribution < -0.4 is 0 Å². The average Bonchev–Trinajstić information content (AvgIpc) is 3.27. The predicted octanol–water partition coefficient (Wildman–Crippen LogP) is 3.18. The summed E-state index contributed by atoms with van der Waals surface area (Å²) in [7, 11) is 0. The molecule has 22 heavy (non-hydrogen) atoms. The third-order valence-electron chi connectivity index (χ3n) is 2.95. The lowest BCUT2D eigenvalue weighted by Gasteiger charge is -1.98. The van der Waals surface area contributed by atoms with E-state index in [1.54, 1.807) is 18.3 Å². The highest BCUT2D eigenvalue weighted by Crippen LogP contribution is 2.25. The zero-order chi connectivity index (χ0) is 14.9. The second kappa shape index (κ2) is 5.15. The first-order valence-electron chi connectivity index (χ1n) is 6.36. The molecule has 0 N–H and O–H groups in total. The Bertz CT molecular complexity index is 915. The Morgan fingerprint density at radius 1 is 1.18 bits per heavy atom. The smallest absolute Gasteiger partial charge is 0.268 e. The third kappa shape index (κ3) is 2.29. The van der Waals surface area contributed by atoms with E-state index in [2.05, 4.69) is 20.5 Å². The van der Waals surface area contributed by atoms with Gasteiger partial charge in [-0.2, -0.15) is 4.98 Å². The van der Waals surface area contributed by atoms with Crippen LogP contribution in [-0.4, -0.2) is 25.1 Å². The molecule has 0 atom stereocenters. The SMILES string of the molecule is Fc1cccc(-n2cc(-c3noc(-c4cccs4)n3)nn2)c1. The van der Waals surface area contributed by atoms with Crippen molar-refractivity contribution in [1.82, 2.24) is 25.1 Å². The van der Waals surface area contributed by atoms with Crippen molar-refractivity contribution < 1.29 is 8.91 Å². The van der Waals surface area contributed by atoms with Crippen molar-refractivity contribution in [2.75, 3.05) is 0 Å². The molecule has 0 saturated heterocycles. The van der Waals surface area contributed by atoms with Crippen LogP contribution in [0.4, 0.5) is 4.39 Å². The van der Waals surface area contributed by atoms with E-state index in [0.29, 0.717) is 23.1 Å². The zero-order valence-electron chi connectivity index (χ0n) is 11.0. The monoisotopic (exact) mass is 313 g/mol. The molecule has 0 aliphatic carbocycles. The minimum atomic E-state index is -0.339. The molecule has 1 aromatic carbocycles. The topological polar surface area (TPSA) is 69.6 Å². The first-order valence-corrected chi connectivity index (χ1v) is 7.24. The van der Waals surface area contributed by atoms with E-state index in [0.717, 1.165) is 4.88 Å². The van der Waals surface area contributed by atoms with Gasteiger partial charge in [-0.25, -0.2) is 9.07 Å². The fourth-order valence-corrected chi connectivity index (χ4v) is 2.58. The lowest BCUT2D eigenvalue weighted by molar-refractivity contribution is 0.433. The molecule has 0 fully saturated rings. The van der Waals surface area contributed by atoms with Gasteiger partial charge in [0, 0.05) is 0 Å². The number of rotatable bonds is 3. The van der Waals surface area contributed by atoms with Gasteiger partial charge >= 0.3 is 0 Å². The number of hydrogen-bond acceptors (Lipinski definition) is 6. The van der Waals surface area contributed by atoms with Gasteiger partial charge in [0.25, 0.3) is 5.89 Å². The average molecular weight is 313 g/mol. The second-order valence-electron chi connectivity index (χ2n) is 4.43. The van der Waals surface area contributed by atoms with Gasteiger partial charge in [-0.15, -0.1) is 16.4 Å².